The number of H-pyrrole nitrogens is 1. The molecule has 80 valence electrons. The minimum absolute atomic E-state index is 0.202. The number of nitrogens with zero attached hydrogens (tertiary/aromatic N) is 1. The zero-order valence-electron chi connectivity index (χ0n) is 8.10. The molecular formula is C10H12N2O2S. The predicted molar refractivity (Wildman–Crippen MR) is 60.2 cm³/mol. The maximum atomic E-state index is 9.27. The third kappa shape index (κ3) is 2.43. The van der Waals surface area contributed by atoms with Gasteiger partial charge in [0.2, 0.25) is 0 Å². The third-order valence-electron chi connectivity index (χ3n) is 1.98. The number of phenols is 1. The van der Waals surface area contributed by atoms with Crippen LogP contribution < -0.4 is 0 Å². The molecule has 0 unspecified atom stereocenters. The second-order valence-electron chi connectivity index (χ2n) is 3.17. The third-order valence-corrected chi connectivity index (χ3v) is 2.94. The van der Waals surface area contributed by atoms with Gasteiger partial charge in [-0.25, -0.2) is 4.98 Å². The second-order valence-corrected chi connectivity index (χ2v) is 4.25. The summed E-state index contributed by atoms with van der Waals surface area (Å²) in [5, 5.41) is 18.7. The first-order chi connectivity index (χ1) is 7.29. The SMILES string of the molecule is OCCCSc1nc2ccc(O)cc2[nH]1. The average molecular weight is 224 g/mol. The molecule has 0 aliphatic carbocycles. The molecule has 0 fully saturated rings. The van der Waals surface area contributed by atoms with E-state index < -0.39 is 0 Å². The highest BCUT2D eigenvalue weighted by Crippen LogP contribution is 2.22. The molecule has 4 nitrogen and oxygen atoms in total. The molecule has 0 radical (unpaired) electrons. The van der Waals surface area contributed by atoms with Crippen LogP contribution in [0.15, 0.2) is 23.4 Å². The number of aliphatic hydroxyl groups is 1. The molecule has 0 aliphatic rings. The predicted octanol–water partition coefficient (Wildman–Crippen LogP) is 1.74. The summed E-state index contributed by atoms with van der Waals surface area (Å²) in [6.07, 6.45) is 0.757. The Kier molecular flexibility index (Phi) is 3.13. The zero-order chi connectivity index (χ0) is 10.7. The first-order valence-corrected chi connectivity index (χ1v) is 5.70. The number of hydrogen-bond acceptors (Lipinski definition) is 4. The van der Waals surface area contributed by atoms with Crippen molar-refractivity contribution in [3.8, 4) is 5.75 Å². The summed E-state index contributed by atoms with van der Waals surface area (Å²) < 4.78 is 0. The highest BCUT2D eigenvalue weighted by atomic mass is 32.2. The van der Waals surface area contributed by atoms with Crippen LogP contribution in [0.3, 0.4) is 0 Å². The molecular weight excluding hydrogens is 212 g/mol. The molecule has 3 N–H and O–H groups in total. The number of fused-ring (bicyclic) bond motifs is 1. The van der Waals surface area contributed by atoms with E-state index in [1.807, 2.05) is 0 Å². The standard InChI is InChI=1S/C10H12N2O2S/c13-4-1-5-15-10-11-8-3-2-7(14)6-9(8)12-10/h2-3,6,13-14H,1,4-5H2,(H,11,12). The quantitative estimate of drug-likeness (QED) is 0.546. The lowest BCUT2D eigenvalue weighted by Crippen LogP contribution is -1.85. The Morgan fingerprint density at radius 2 is 2.27 bits per heavy atom. The van der Waals surface area contributed by atoms with E-state index in [1.165, 1.54) is 0 Å². The molecule has 15 heavy (non-hydrogen) atoms. The van der Waals surface area contributed by atoms with Gasteiger partial charge in [0.15, 0.2) is 5.16 Å². The van der Waals surface area contributed by atoms with Crippen molar-refractivity contribution in [2.45, 2.75) is 11.6 Å². The van der Waals surface area contributed by atoms with Gasteiger partial charge in [-0.15, -0.1) is 0 Å². The number of aromatic hydroxyl groups is 1. The van der Waals surface area contributed by atoms with Gasteiger partial charge in [0.05, 0.1) is 11.0 Å². The van der Waals surface area contributed by atoms with E-state index in [1.54, 1.807) is 30.0 Å². The number of aromatic nitrogens is 2. The van der Waals surface area contributed by atoms with Crippen LogP contribution >= 0.6 is 11.8 Å². The smallest absolute Gasteiger partial charge is 0.166 e. The number of hydrogen-bond donors (Lipinski definition) is 3. The topological polar surface area (TPSA) is 69.1 Å². The Bertz CT molecular complexity index is 456. The monoisotopic (exact) mass is 224 g/mol. The van der Waals surface area contributed by atoms with Crippen LogP contribution in [0.2, 0.25) is 0 Å². The molecule has 0 amide bonds. The van der Waals surface area contributed by atoms with Crippen molar-refractivity contribution in [1.29, 1.82) is 0 Å². The fourth-order valence-electron chi connectivity index (χ4n) is 1.28. The van der Waals surface area contributed by atoms with Crippen LogP contribution in [0.4, 0.5) is 0 Å². The number of nitrogens with one attached hydrogen (secondary N) is 1. The maximum Gasteiger partial charge on any atom is 0.166 e. The molecule has 0 aliphatic heterocycles. The van der Waals surface area contributed by atoms with Crippen molar-refractivity contribution < 1.29 is 10.2 Å². The Labute approximate surface area is 91.3 Å². The van der Waals surface area contributed by atoms with Crippen molar-refractivity contribution in [3.05, 3.63) is 18.2 Å². The summed E-state index contributed by atoms with van der Waals surface area (Å²) in [5.74, 6) is 1.07. The number of aliphatic hydroxyl groups excluding tert-OH is 1. The van der Waals surface area contributed by atoms with E-state index in [2.05, 4.69) is 9.97 Å². The number of thioether (sulfide) groups is 1. The summed E-state index contributed by atoms with van der Waals surface area (Å²) in [6.45, 7) is 0.202. The number of benzene rings is 1. The van der Waals surface area contributed by atoms with Crippen molar-refractivity contribution >= 4 is 22.8 Å². The zero-order valence-corrected chi connectivity index (χ0v) is 8.92. The summed E-state index contributed by atoms with van der Waals surface area (Å²) in [4.78, 5) is 7.45. The summed E-state index contributed by atoms with van der Waals surface area (Å²) in [5.41, 5.74) is 1.68. The number of aromatic amines is 1. The summed E-state index contributed by atoms with van der Waals surface area (Å²) in [7, 11) is 0. The average Bonchev–Trinajstić information content (AvgIpc) is 2.60. The lowest BCUT2D eigenvalue weighted by molar-refractivity contribution is 0.296. The molecule has 0 atom stereocenters. The van der Waals surface area contributed by atoms with Gasteiger partial charge >= 0.3 is 0 Å². The van der Waals surface area contributed by atoms with Gasteiger partial charge in [-0.1, -0.05) is 11.8 Å². The first-order valence-electron chi connectivity index (χ1n) is 4.72. The summed E-state index contributed by atoms with van der Waals surface area (Å²) in [6, 6.07) is 5.04. The maximum absolute atomic E-state index is 9.27. The minimum Gasteiger partial charge on any atom is -0.508 e. The Morgan fingerprint density at radius 1 is 1.40 bits per heavy atom. The molecule has 5 heteroatoms. The van der Waals surface area contributed by atoms with Crippen LogP contribution in [-0.2, 0) is 0 Å². The van der Waals surface area contributed by atoms with Gasteiger partial charge in [0.1, 0.15) is 5.75 Å². The van der Waals surface area contributed by atoms with E-state index in [0.29, 0.717) is 0 Å². The molecule has 0 saturated carbocycles. The largest absolute Gasteiger partial charge is 0.508 e. The van der Waals surface area contributed by atoms with Gasteiger partial charge in [-0.05, 0) is 18.6 Å². The Morgan fingerprint density at radius 3 is 3.07 bits per heavy atom. The Hall–Kier alpha value is -1.20. The molecule has 1 heterocycles. The summed E-state index contributed by atoms with van der Waals surface area (Å²) >= 11 is 1.57. The van der Waals surface area contributed by atoms with Gasteiger partial charge in [0, 0.05) is 18.4 Å². The molecule has 2 aromatic rings. The van der Waals surface area contributed by atoms with Crippen molar-refractivity contribution in [2.75, 3.05) is 12.4 Å². The van der Waals surface area contributed by atoms with E-state index >= 15 is 0 Å². The molecule has 0 saturated heterocycles. The van der Waals surface area contributed by atoms with Gasteiger partial charge < -0.3 is 15.2 Å². The molecule has 1 aromatic heterocycles. The fourth-order valence-corrected chi connectivity index (χ4v) is 2.09. The normalized spacial score (nSPS) is 11.0. The molecule has 0 bridgehead atoms. The fraction of sp³-hybridized carbons (Fsp3) is 0.300. The van der Waals surface area contributed by atoms with E-state index in [4.69, 9.17) is 5.11 Å². The number of imidazole rings is 1. The van der Waals surface area contributed by atoms with Crippen LogP contribution in [0.5, 0.6) is 5.75 Å². The van der Waals surface area contributed by atoms with Crippen molar-refractivity contribution in [2.24, 2.45) is 0 Å². The van der Waals surface area contributed by atoms with Crippen LogP contribution in [0, 0.1) is 0 Å². The lowest BCUT2D eigenvalue weighted by atomic mass is 10.3. The number of rotatable bonds is 4. The van der Waals surface area contributed by atoms with Crippen molar-refractivity contribution in [1.82, 2.24) is 9.97 Å². The molecule has 2 rings (SSSR count). The lowest BCUT2D eigenvalue weighted by Gasteiger charge is -1.93. The van der Waals surface area contributed by atoms with Crippen LogP contribution in [0.1, 0.15) is 6.42 Å². The van der Waals surface area contributed by atoms with Gasteiger partial charge in [0.25, 0.3) is 0 Å². The van der Waals surface area contributed by atoms with Gasteiger partial charge in [-0.3, -0.25) is 0 Å². The van der Waals surface area contributed by atoms with Crippen LogP contribution in [0.25, 0.3) is 11.0 Å². The Balaban J connectivity index is 2.16. The number of phenolic OH excluding ortho intramolecular Hbond substituents is 1. The first kappa shape index (κ1) is 10.3. The minimum atomic E-state index is 0.202. The highest BCUT2D eigenvalue weighted by molar-refractivity contribution is 7.99. The van der Waals surface area contributed by atoms with E-state index in [-0.39, 0.29) is 12.4 Å². The molecule has 1 aromatic carbocycles. The highest BCUT2D eigenvalue weighted by Gasteiger charge is 2.03. The van der Waals surface area contributed by atoms with Crippen LogP contribution in [-0.4, -0.2) is 32.5 Å². The molecule has 0 spiro atoms. The van der Waals surface area contributed by atoms with Gasteiger partial charge in [-0.2, -0.15) is 0 Å². The van der Waals surface area contributed by atoms with Crippen molar-refractivity contribution in [3.63, 3.8) is 0 Å². The second kappa shape index (κ2) is 4.55. The van der Waals surface area contributed by atoms with E-state index in [9.17, 15) is 5.11 Å². The van der Waals surface area contributed by atoms with E-state index in [0.717, 1.165) is 28.4 Å².